The van der Waals surface area contributed by atoms with Crippen LogP contribution in [0, 0.1) is 13.7 Å². The lowest BCUT2D eigenvalue weighted by molar-refractivity contribution is -0.380. The molecule has 1 aromatic heterocycles. The number of carbonyl (C=O) groups is 1. The quantitative estimate of drug-likeness (QED) is 0.370. The average molecular weight is 401 g/mol. The summed E-state index contributed by atoms with van der Waals surface area (Å²) in [7, 11) is 0. The Hall–Kier alpha value is -1.81. The molecule has 0 saturated carbocycles. The maximum atomic E-state index is 11.7. The lowest BCUT2D eigenvalue weighted by Crippen LogP contribution is -2.17. The average Bonchev–Trinajstić information content (AvgIpc) is 2.88. The van der Waals surface area contributed by atoms with E-state index in [0.717, 1.165) is 14.9 Å². The van der Waals surface area contributed by atoms with Crippen molar-refractivity contribution in [1.82, 2.24) is 5.43 Å². The van der Waals surface area contributed by atoms with Crippen LogP contribution in [0.5, 0.6) is 0 Å². The Kier molecular flexibility index (Phi) is 4.79. The lowest BCUT2D eigenvalue weighted by Gasteiger charge is -1.99. The van der Waals surface area contributed by atoms with Crippen LogP contribution in [0.25, 0.3) is 0 Å². The number of hydrogen-bond donors (Lipinski definition) is 1. The second-order valence-corrected chi connectivity index (χ2v) is 5.98. The summed E-state index contributed by atoms with van der Waals surface area (Å²) >= 11 is 3.14. The Morgan fingerprint density at radius 3 is 2.60 bits per heavy atom. The Morgan fingerprint density at radius 1 is 1.30 bits per heavy atom. The summed E-state index contributed by atoms with van der Waals surface area (Å²) in [5, 5.41) is 14.3. The molecule has 1 N–H and O–H groups in total. The topological polar surface area (TPSA) is 84.6 Å². The minimum Gasteiger partial charge on any atom is -0.267 e. The van der Waals surface area contributed by atoms with E-state index < -0.39 is 4.92 Å². The fraction of sp³-hybridized carbons (Fsp3) is 0. The standard InChI is InChI=1S/C12H8IN3O3S/c13-9-3-1-8(2-4-9)12(17)15-14-7-10-5-6-11(20-10)16(18)19/h1-7H,(H,15,17)/b14-7+. The molecule has 102 valence electrons. The van der Waals surface area contributed by atoms with Crippen molar-refractivity contribution in [2.45, 2.75) is 0 Å². The molecule has 0 bridgehead atoms. The molecule has 1 heterocycles. The van der Waals surface area contributed by atoms with Crippen LogP contribution in [0.3, 0.4) is 0 Å². The van der Waals surface area contributed by atoms with E-state index >= 15 is 0 Å². The number of nitro groups is 1. The van der Waals surface area contributed by atoms with Gasteiger partial charge in [0, 0.05) is 15.2 Å². The monoisotopic (exact) mass is 401 g/mol. The minimum absolute atomic E-state index is 0.0374. The van der Waals surface area contributed by atoms with E-state index in [4.69, 9.17) is 0 Å². The SMILES string of the molecule is O=C(N/N=C/c1ccc([N+](=O)[O-])s1)c1ccc(I)cc1. The van der Waals surface area contributed by atoms with Gasteiger partial charge in [-0.05, 0) is 52.9 Å². The number of hydrazone groups is 1. The van der Waals surface area contributed by atoms with Crippen molar-refractivity contribution in [2.75, 3.05) is 0 Å². The van der Waals surface area contributed by atoms with Gasteiger partial charge >= 0.3 is 5.00 Å². The highest BCUT2D eigenvalue weighted by atomic mass is 127. The van der Waals surface area contributed by atoms with Crippen LogP contribution in [0.15, 0.2) is 41.5 Å². The van der Waals surface area contributed by atoms with Gasteiger partial charge in [0.25, 0.3) is 5.91 Å². The van der Waals surface area contributed by atoms with Crippen LogP contribution in [-0.2, 0) is 0 Å². The van der Waals surface area contributed by atoms with Gasteiger partial charge in [-0.2, -0.15) is 5.10 Å². The Labute approximate surface area is 131 Å². The molecule has 0 spiro atoms. The van der Waals surface area contributed by atoms with Crippen molar-refractivity contribution in [1.29, 1.82) is 0 Å². The third-order valence-corrected chi connectivity index (χ3v) is 3.95. The number of halogens is 1. The molecule has 0 aliphatic rings. The lowest BCUT2D eigenvalue weighted by atomic mass is 10.2. The maximum Gasteiger partial charge on any atom is 0.324 e. The summed E-state index contributed by atoms with van der Waals surface area (Å²) in [6.45, 7) is 0. The Morgan fingerprint density at radius 2 is 2.00 bits per heavy atom. The number of benzene rings is 1. The van der Waals surface area contributed by atoms with Crippen molar-refractivity contribution in [3.8, 4) is 0 Å². The normalized spacial score (nSPS) is 10.7. The summed E-state index contributed by atoms with van der Waals surface area (Å²) < 4.78 is 1.04. The van der Waals surface area contributed by atoms with Crippen molar-refractivity contribution < 1.29 is 9.72 Å². The second-order valence-electron chi connectivity index (χ2n) is 3.64. The van der Waals surface area contributed by atoms with Crippen LogP contribution in [0.2, 0.25) is 0 Å². The minimum atomic E-state index is -0.466. The number of nitrogens with one attached hydrogen (secondary N) is 1. The molecule has 1 aromatic carbocycles. The predicted octanol–water partition coefficient (Wildman–Crippen LogP) is 3.02. The molecule has 0 fully saturated rings. The van der Waals surface area contributed by atoms with Gasteiger partial charge < -0.3 is 0 Å². The first-order valence-corrected chi connectivity index (χ1v) is 7.29. The molecule has 0 aliphatic heterocycles. The largest absolute Gasteiger partial charge is 0.324 e. The predicted molar refractivity (Wildman–Crippen MR) is 85.2 cm³/mol. The first-order valence-electron chi connectivity index (χ1n) is 5.39. The summed E-state index contributed by atoms with van der Waals surface area (Å²) in [6, 6.07) is 10.0. The van der Waals surface area contributed by atoms with Crippen molar-refractivity contribution in [2.24, 2.45) is 5.10 Å². The van der Waals surface area contributed by atoms with Crippen LogP contribution >= 0.6 is 33.9 Å². The van der Waals surface area contributed by atoms with E-state index in [1.165, 1.54) is 12.3 Å². The zero-order chi connectivity index (χ0) is 14.5. The molecule has 6 nitrogen and oxygen atoms in total. The third-order valence-electron chi connectivity index (χ3n) is 2.26. The van der Waals surface area contributed by atoms with Gasteiger partial charge in [0.05, 0.1) is 16.0 Å². The number of carbonyl (C=O) groups excluding carboxylic acids is 1. The molecule has 0 saturated heterocycles. The van der Waals surface area contributed by atoms with Crippen LogP contribution in [0.4, 0.5) is 5.00 Å². The Bertz CT molecular complexity index is 667. The van der Waals surface area contributed by atoms with Crippen molar-refractivity contribution >= 4 is 51.1 Å². The molecule has 0 atom stereocenters. The third kappa shape index (κ3) is 3.84. The van der Waals surface area contributed by atoms with E-state index in [1.54, 1.807) is 18.2 Å². The molecule has 2 rings (SSSR count). The maximum absolute atomic E-state index is 11.7. The van der Waals surface area contributed by atoms with Gasteiger partial charge in [-0.25, -0.2) is 5.43 Å². The summed E-state index contributed by atoms with van der Waals surface area (Å²) in [6.07, 6.45) is 1.38. The Balaban J connectivity index is 1.97. The van der Waals surface area contributed by atoms with Gasteiger partial charge in [-0.1, -0.05) is 11.3 Å². The second kappa shape index (κ2) is 6.57. The molecular formula is C12H8IN3O3S. The highest BCUT2D eigenvalue weighted by Crippen LogP contribution is 2.22. The van der Waals surface area contributed by atoms with E-state index in [-0.39, 0.29) is 10.9 Å². The first-order chi connectivity index (χ1) is 9.56. The van der Waals surface area contributed by atoms with Gasteiger partial charge in [0.1, 0.15) is 0 Å². The highest BCUT2D eigenvalue weighted by molar-refractivity contribution is 14.1. The number of amides is 1. The summed E-state index contributed by atoms with van der Waals surface area (Å²) in [5.74, 6) is -0.330. The molecule has 20 heavy (non-hydrogen) atoms. The molecule has 1 amide bonds. The van der Waals surface area contributed by atoms with Gasteiger partial charge in [-0.3, -0.25) is 14.9 Å². The smallest absolute Gasteiger partial charge is 0.267 e. The van der Waals surface area contributed by atoms with Gasteiger partial charge in [-0.15, -0.1) is 0 Å². The number of rotatable bonds is 4. The first kappa shape index (κ1) is 14.6. The molecule has 0 aliphatic carbocycles. The van der Waals surface area contributed by atoms with E-state index in [0.29, 0.717) is 10.4 Å². The zero-order valence-electron chi connectivity index (χ0n) is 9.95. The fourth-order valence-electron chi connectivity index (χ4n) is 1.33. The highest BCUT2D eigenvalue weighted by Gasteiger charge is 2.08. The van der Waals surface area contributed by atoms with Gasteiger partial charge in [0.2, 0.25) is 0 Å². The van der Waals surface area contributed by atoms with Crippen LogP contribution in [0.1, 0.15) is 15.2 Å². The fourth-order valence-corrected chi connectivity index (χ4v) is 2.38. The molecule has 8 heteroatoms. The van der Waals surface area contributed by atoms with Crippen LogP contribution < -0.4 is 5.43 Å². The summed E-state index contributed by atoms with van der Waals surface area (Å²) in [4.78, 5) is 22.4. The molecular weight excluding hydrogens is 393 g/mol. The molecule has 2 aromatic rings. The van der Waals surface area contributed by atoms with E-state index in [1.807, 2.05) is 12.1 Å². The number of hydrogen-bond acceptors (Lipinski definition) is 5. The van der Waals surface area contributed by atoms with Crippen molar-refractivity contribution in [3.05, 3.63) is 60.5 Å². The number of nitrogens with zero attached hydrogens (tertiary/aromatic N) is 2. The zero-order valence-corrected chi connectivity index (χ0v) is 12.9. The summed E-state index contributed by atoms with van der Waals surface area (Å²) in [5.41, 5.74) is 2.87. The molecule has 0 unspecified atom stereocenters. The van der Waals surface area contributed by atoms with Crippen molar-refractivity contribution in [3.63, 3.8) is 0 Å². The molecule has 0 radical (unpaired) electrons. The van der Waals surface area contributed by atoms with Gasteiger partial charge in [0.15, 0.2) is 0 Å². The number of thiophene rings is 1. The van der Waals surface area contributed by atoms with E-state index in [9.17, 15) is 14.9 Å². The van der Waals surface area contributed by atoms with E-state index in [2.05, 4.69) is 33.1 Å². The van der Waals surface area contributed by atoms with Crippen LogP contribution in [-0.4, -0.2) is 17.0 Å².